The minimum atomic E-state index is -3.01. The third kappa shape index (κ3) is 4.34. The standard InChI is InChI=1S/C14H28N2O3S2/c1-3-21(17,18)13-10-20-9-8-16(13)11-14(12-19-2)4-6-15-7-5-14/h13,15H,3-12H2,1-2H3. The summed E-state index contributed by atoms with van der Waals surface area (Å²) >= 11 is 1.76. The molecule has 1 atom stereocenters. The molecule has 0 amide bonds. The van der Waals surface area contributed by atoms with E-state index < -0.39 is 9.84 Å². The van der Waals surface area contributed by atoms with Crippen molar-refractivity contribution in [3.63, 3.8) is 0 Å². The summed E-state index contributed by atoms with van der Waals surface area (Å²) in [5.74, 6) is 1.96. The average Bonchev–Trinajstić information content (AvgIpc) is 2.49. The van der Waals surface area contributed by atoms with Gasteiger partial charge >= 0.3 is 0 Å². The number of thioether (sulfide) groups is 1. The van der Waals surface area contributed by atoms with Gasteiger partial charge in [-0.05, 0) is 25.9 Å². The van der Waals surface area contributed by atoms with Crippen LogP contribution in [-0.2, 0) is 14.6 Å². The monoisotopic (exact) mass is 336 g/mol. The van der Waals surface area contributed by atoms with E-state index in [1.807, 2.05) is 0 Å². The average molecular weight is 337 g/mol. The highest BCUT2D eigenvalue weighted by molar-refractivity contribution is 8.01. The minimum absolute atomic E-state index is 0.101. The van der Waals surface area contributed by atoms with Crippen molar-refractivity contribution < 1.29 is 13.2 Å². The molecule has 0 saturated carbocycles. The van der Waals surface area contributed by atoms with Crippen LogP contribution in [0.15, 0.2) is 0 Å². The Morgan fingerprint density at radius 3 is 2.71 bits per heavy atom. The molecule has 0 aromatic heterocycles. The van der Waals surface area contributed by atoms with Gasteiger partial charge in [-0.3, -0.25) is 4.90 Å². The number of hydrogen-bond acceptors (Lipinski definition) is 6. The fourth-order valence-electron chi connectivity index (χ4n) is 3.36. The first-order chi connectivity index (χ1) is 10.0. The lowest BCUT2D eigenvalue weighted by atomic mass is 9.79. The summed E-state index contributed by atoms with van der Waals surface area (Å²) in [5, 5.41) is 3.08. The van der Waals surface area contributed by atoms with Crippen molar-refractivity contribution in [1.82, 2.24) is 10.2 Å². The summed E-state index contributed by atoms with van der Waals surface area (Å²) in [6, 6.07) is 0. The Kier molecular flexibility index (Phi) is 6.38. The second kappa shape index (κ2) is 7.64. The molecule has 2 aliphatic heterocycles. The molecule has 1 N–H and O–H groups in total. The van der Waals surface area contributed by atoms with Crippen molar-refractivity contribution in [2.75, 3.05) is 57.2 Å². The number of hydrogen-bond donors (Lipinski definition) is 1. The van der Waals surface area contributed by atoms with Crippen molar-refractivity contribution in [2.45, 2.75) is 25.1 Å². The van der Waals surface area contributed by atoms with Crippen molar-refractivity contribution in [3.8, 4) is 0 Å². The molecular weight excluding hydrogens is 308 g/mol. The number of piperidine rings is 1. The molecule has 0 aromatic carbocycles. The quantitative estimate of drug-likeness (QED) is 0.775. The van der Waals surface area contributed by atoms with Crippen molar-refractivity contribution >= 4 is 21.6 Å². The van der Waals surface area contributed by atoms with E-state index in [0.29, 0.717) is 5.75 Å². The van der Waals surface area contributed by atoms with Gasteiger partial charge in [-0.15, -0.1) is 0 Å². The van der Waals surface area contributed by atoms with Gasteiger partial charge in [0.05, 0.1) is 6.61 Å². The van der Waals surface area contributed by atoms with Crippen molar-refractivity contribution in [3.05, 3.63) is 0 Å². The minimum Gasteiger partial charge on any atom is -0.384 e. The number of sulfone groups is 1. The van der Waals surface area contributed by atoms with Crippen molar-refractivity contribution in [2.24, 2.45) is 5.41 Å². The van der Waals surface area contributed by atoms with Gasteiger partial charge in [0.25, 0.3) is 0 Å². The van der Waals surface area contributed by atoms with Crippen LogP contribution in [0.5, 0.6) is 0 Å². The summed E-state index contributed by atoms with van der Waals surface area (Å²) in [6.07, 6.45) is 2.12. The van der Waals surface area contributed by atoms with Gasteiger partial charge in [-0.2, -0.15) is 11.8 Å². The smallest absolute Gasteiger partial charge is 0.166 e. The number of nitrogens with zero attached hydrogens (tertiary/aromatic N) is 1. The van der Waals surface area contributed by atoms with Crippen LogP contribution < -0.4 is 5.32 Å². The fourth-order valence-corrected chi connectivity index (χ4v) is 6.44. The molecule has 0 radical (unpaired) electrons. The number of rotatable bonds is 6. The van der Waals surface area contributed by atoms with Crippen LogP contribution in [0.25, 0.3) is 0 Å². The summed E-state index contributed by atoms with van der Waals surface area (Å²) < 4.78 is 30.2. The summed E-state index contributed by atoms with van der Waals surface area (Å²) in [4.78, 5) is 2.21. The van der Waals surface area contributed by atoms with Crippen LogP contribution in [0.2, 0.25) is 0 Å². The van der Waals surface area contributed by atoms with Crippen LogP contribution in [0.3, 0.4) is 0 Å². The van der Waals surface area contributed by atoms with Gasteiger partial charge in [0.2, 0.25) is 0 Å². The number of methoxy groups -OCH3 is 1. The Hall–Kier alpha value is 0.180. The van der Waals surface area contributed by atoms with E-state index in [0.717, 1.165) is 51.4 Å². The zero-order chi connectivity index (χ0) is 15.3. The molecule has 21 heavy (non-hydrogen) atoms. The Balaban J connectivity index is 2.13. The highest BCUT2D eigenvalue weighted by atomic mass is 32.2. The molecule has 0 aromatic rings. The van der Waals surface area contributed by atoms with E-state index in [2.05, 4.69) is 10.2 Å². The van der Waals surface area contributed by atoms with Crippen LogP contribution in [0.4, 0.5) is 0 Å². The van der Waals surface area contributed by atoms with E-state index >= 15 is 0 Å². The molecule has 1 unspecified atom stereocenters. The van der Waals surface area contributed by atoms with E-state index in [1.165, 1.54) is 0 Å². The molecule has 7 heteroatoms. The summed E-state index contributed by atoms with van der Waals surface area (Å²) in [6.45, 7) is 6.17. The lowest BCUT2D eigenvalue weighted by Crippen LogP contribution is -2.54. The molecule has 2 saturated heterocycles. The van der Waals surface area contributed by atoms with Gasteiger partial charge in [-0.25, -0.2) is 8.42 Å². The second-order valence-electron chi connectivity index (χ2n) is 6.13. The molecule has 2 rings (SSSR count). The summed E-state index contributed by atoms with van der Waals surface area (Å²) in [5.41, 5.74) is 0.101. The fraction of sp³-hybridized carbons (Fsp3) is 1.00. The zero-order valence-electron chi connectivity index (χ0n) is 13.1. The molecule has 2 heterocycles. The normalized spacial score (nSPS) is 27.6. The van der Waals surface area contributed by atoms with E-state index in [1.54, 1.807) is 25.8 Å². The third-order valence-electron chi connectivity index (χ3n) is 4.66. The molecule has 2 fully saturated rings. The van der Waals surface area contributed by atoms with Gasteiger partial charge in [-0.1, -0.05) is 6.92 Å². The van der Waals surface area contributed by atoms with Crippen LogP contribution in [0, 0.1) is 5.41 Å². The SMILES string of the molecule is CCS(=O)(=O)C1CSCCN1CC1(COC)CCNCC1. The van der Waals surface area contributed by atoms with Gasteiger partial charge < -0.3 is 10.1 Å². The first-order valence-electron chi connectivity index (χ1n) is 7.76. The molecule has 5 nitrogen and oxygen atoms in total. The van der Waals surface area contributed by atoms with E-state index in [-0.39, 0.29) is 16.5 Å². The first-order valence-corrected chi connectivity index (χ1v) is 10.6. The van der Waals surface area contributed by atoms with E-state index in [4.69, 9.17) is 4.74 Å². The Bertz CT molecular complexity index is 416. The van der Waals surface area contributed by atoms with Crippen LogP contribution in [-0.4, -0.2) is 75.8 Å². The Morgan fingerprint density at radius 2 is 2.10 bits per heavy atom. The maximum Gasteiger partial charge on any atom is 0.166 e. The number of nitrogens with one attached hydrogen (secondary N) is 1. The summed E-state index contributed by atoms with van der Waals surface area (Å²) in [7, 11) is -1.27. The van der Waals surface area contributed by atoms with Crippen LogP contribution >= 0.6 is 11.8 Å². The Morgan fingerprint density at radius 1 is 1.38 bits per heavy atom. The van der Waals surface area contributed by atoms with Crippen LogP contribution in [0.1, 0.15) is 19.8 Å². The third-order valence-corrected chi connectivity index (χ3v) is 7.99. The first kappa shape index (κ1) is 17.5. The molecule has 2 aliphatic rings. The lowest BCUT2D eigenvalue weighted by Gasteiger charge is -2.44. The molecule has 0 aliphatic carbocycles. The molecular formula is C14H28N2O3S2. The molecule has 0 bridgehead atoms. The second-order valence-corrected chi connectivity index (χ2v) is 9.73. The zero-order valence-corrected chi connectivity index (χ0v) is 14.8. The maximum atomic E-state index is 12.4. The van der Waals surface area contributed by atoms with Crippen molar-refractivity contribution in [1.29, 1.82) is 0 Å². The van der Waals surface area contributed by atoms with Gasteiger partial charge in [0, 0.05) is 42.9 Å². The largest absolute Gasteiger partial charge is 0.384 e. The Labute approximate surface area is 133 Å². The lowest BCUT2D eigenvalue weighted by molar-refractivity contribution is 0.0212. The highest BCUT2D eigenvalue weighted by Gasteiger charge is 2.40. The predicted octanol–water partition coefficient (Wildman–Crippen LogP) is 0.812. The van der Waals surface area contributed by atoms with Gasteiger partial charge in [0.1, 0.15) is 5.37 Å². The highest BCUT2D eigenvalue weighted by Crippen LogP contribution is 2.33. The van der Waals surface area contributed by atoms with E-state index in [9.17, 15) is 8.42 Å². The van der Waals surface area contributed by atoms with Gasteiger partial charge in [0.15, 0.2) is 9.84 Å². The topological polar surface area (TPSA) is 58.6 Å². The number of ether oxygens (including phenoxy) is 1. The predicted molar refractivity (Wildman–Crippen MR) is 88.6 cm³/mol. The molecule has 0 spiro atoms. The maximum absolute atomic E-state index is 12.4. The molecule has 124 valence electrons.